The Morgan fingerprint density at radius 3 is 2.83 bits per heavy atom. The van der Waals surface area contributed by atoms with Crippen molar-refractivity contribution in [3.63, 3.8) is 0 Å². The molecule has 0 aromatic carbocycles. The second-order valence-electron chi connectivity index (χ2n) is 4.75. The van der Waals surface area contributed by atoms with Crippen molar-refractivity contribution in [2.45, 2.75) is 6.54 Å². The zero-order valence-corrected chi connectivity index (χ0v) is 13.0. The zero-order chi connectivity index (χ0) is 16.2. The zero-order valence-electron chi connectivity index (χ0n) is 12.1. The summed E-state index contributed by atoms with van der Waals surface area (Å²) in [5.74, 6) is 0.703. The topological polar surface area (TPSA) is 125 Å². The van der Waals surface area contributed by atoms with Gasteiger partial charge in [0.15, 0.2) is 5.82 Å². The summed E-state index contributed by atoms with van der Waals surface area (Å²) in [4.78, 5) is 24.8. The van der Waals surface area contributed by atoms with Crippen LogP contribution >= 0.6 is 11.9 Å². The first-order valence-corrected chi connectivity index (χ1v) is 7.88. The van der Waals surface area contributed by atoms with Crippen molar-refractivity contribution in [1.29, 1.82) is 0 Å². The SMILES string of the molecule is NSCCn1cnc2c(N)ncc(C(=O)Nc3ccncc3)c21. The van der Waals surface area contributed by atoms with Gasteiger partial charge in [-0.25, -0.2) is 9.97 Å². The highest BCUT2D eigenvalue weighted by Gasteiger charge is 2.17. The minimum atomic E-state index is -0.282. The second kappa shape index (κ2) is 6.63. The van der Waals surface area contributed by atoms with Crippen molar-refractivity contribution >= 4 is 40.4 Å². The Hall–Kier alpha value is -2.65. The summed E-state index contributed by atoms with van der Waals surface area (Å²) < 4.78 is 1.86. The van der Waals surface area contributed by atoms with Crippen molar-refractivity contribution in [2.24, 2.45) is 5.14 Å². The lowest BCUT2D eigenvalue weighted by atomic mass is 10.2. The first-order valence-electron chi connectivity index (χ1n) is 6.83. The van der Waals surface area contributed by atoms with Crippen molar-refractivity contribution in [3.8, 4) is 0 Å². The Kier molecular flexibility index (Phi) is 4.40. The fourth-order valence-corrected chi connectivity index (χ4v) is 2.53. The standard InChI is InChI=1S/C14H15N7OS/c15-13-11-12(21(8-19-11)5-6-23-16)10(7-18-13)14(22)20-9-1-3-17-4-2-9/h1-4,7-8H,5-6,16H2,(H2,15,18)(H,17,20,22). The molecule has 0 aliphatic heterocycles. The first kappa shape index (κ1) is 15.3. The number of fused-ring (bicyclic) bond motifs is 1. The van der Waals surface area contributed by atoms with Gasteiger partial charge in [-0.15, -0.1) is 0 Å². The fourth-order valence-electron chi connectivity index (χ4n) is 2.23. The maximum atomic E-state index is 12.6. The number of carbonyl (C=O) groups excluding carboxylic acids is 1. The van der Waals surface area contributed by atoms with Gasteiger partial charge >= 0.3 is 0 Å². The molecule has 5 N–H and O–H groups in total. The van der Waals surface area contributed by atoms with Crippen LogP contribution in [0.15, 0.2) is 37.1 Å². The van der Waals surface area contributed by atoms with Crippen LogP contribution in [-0.2, 0) is 6.54 Å². The monoisotopic (exact) mass is 329 g/mol. The smallest absolute Gasteiger partial charge is 0.259 e. The molecule has 1 amide bonds. The highest BCUT2D eigenvalue weighted by molar-refractivity contribution is 7.97. The van der Waals surface area contributed by atoms with Gasteiger partial charge in [0.1, 0.15) is 5.52 Å². The third-order valence-corrected chi connectivity index (χ3v) is 3.72. The van der Waals surface area contributed by atoms with E-state index in [-0.39, 0.29) is 5.91 Å². The van der Waals surface area contributed by atoms with E-state index in [4.69, 9.17) is 10.9 Å². The van der Waals surface area contributed by atoms with Crippen molar-refractivity contribution in [2.75, 3.05) is 16.8 Å². The molecule has 0 fully saturated rings. The predicted octanol–water partition coefficient (Wildman–Crippen LogP) is 1.27. The van der Waals surface area contributed by atoms with Gasteiger partial charge in [0.25, 0.3) is 5.91 Å². The molecule has 9 heteroatoms. The molecule has 0 saturated heterocycles. The highest BCUT2D eigenvalue weighted by Crippen LogP contribution is 2.23. The molecule has 0 aliphatic carbocycles. The van der Waals surface area contributed by atoms with Gasteiger partial charge in [-0.05, 0) is 12.1 Å². The third kappa shape index (κ3) is 3.10. The van der Waals surface area contributed by atoms with Crippen molar-refractivity contribution < 1.29 is 4.79 Å². The van der Waals surface area contributed by atoms with Crippen molar-refractivity contribution in [3.05, 3.63) is 42.6 Å². The summed E-state index contributed by atoms with van der Waals surface area (Å²) in [6.07, 6.45) is 6.31. The lowest BCUT2D eigenvalue weighted by Gasteiger charge is -2.09. The Morgan fingerprint density at radius 1 is 1.30 bits per heavy atom. The fraction of sp³-hybridized carbons (Fsp3) is 0.143. The molecule has 0 unspecified atom stereocenters. The minimum Gasteiger partial charge on any atom is -0.382 e. The number of anilines is 2. The molecule has 0 spiro atoms. The van der Waals surface area contributed by atoms with E-state index < -0.39 is 0 Å². The number of hydrogen-bond donors (Lipinski definition) is 3. The molecule has 8 nitrogen and oxygen atoms in total. The summed E-state index contributed by atoms with van der Waals surface area (Å²) in [7, 11) is 0. The second-order valence-corrected chi connectivity index (χ2v) is 5.49. The van der Waals surface area contributed by atoms with E-state index in [9.17, 15) is 4.79 Å². The van der Waals surface area contributed by atoms with Crippen LogP contribution in [0.25, 0.3) is 11.0 Å². The highest BCUT2D eigenvalue weighted by atomic mass is 32.2. The van der Waals surface area contributed by atoms with Gasteiger partial charge in [-0.3, -0.25) is 14.9 Å². The number of rotatable bonds is 5. The third-order valence-electron chi connectivity index (χ3n) is 3.30. The summed E-state index contributed by atoms with van der Waals surface area (Å²) in [5.41, 5.74) is 8.08. The molecule has 0 atom stereocenters. The Morgan fingerprint density at radius 2 is 2.09 bits per heavy atom. The number of nitrogens with one attached hydrogen (secondary N) is 1. The van der Waals surface area contributed by atoms with E-state index in [1.807, 2.05) is 4.57 Å². The van der Waals surface area contributed by atoms with Crippen LogP contribution in [0, 0.1) is 0 Å². The Labute approximate surface area is 136 Å². The largest absolute Gasteiger partial charge is 0.382 e. The summed E-state index contributed by atoms with van der Waals surface area (Å²) in [5, 5.41) is 8.29. The molecular formula is C14H15N7OS. The molecule has 3 heterocycles. The molecule has 0 saturated carbocycles. The number of imidazole rings is 1. The summed E-state index contributed by atoms with van der Waals surface area (Å²) >= 11 is 1.23. The molecule has 0 aliphatic rings. The number of aromatic nitrogens is 4. The average molecular weight is 329 g/mol. The molecule has 3 aromatic heterocycles. The predicted molar refractivity (Wildman–Crippen MR) is 90.8 cm³/mol. The molecule has 23 heavy (non-hydrogen) atoms. The van der Waals surface area contributed by atoms with E-state index in [0.29, 0.717) is 40.4 Å². The Balaban J connectivity index is 2.00. The molecular weight excluding hydrogens is 314 g/mol. The van der Waals surface area contributed by atoms with Gasteiger partial charge in [-0.1, -0.05) is 11.9 Å². The van der Waals surface area contributed by atoms with E-state index in [0.717, 1.165) is 0 Å². The van der Waals surface area contributed by atoms with Gasteiger partial charge in [0, 0.05) is 36.6 Å². The molecule has 0 bridgehead atoms. The first-order chi connectivity index (χ1) is 11.2. The maximum Gasteiger partial charge on any atom is 0.259 e. The number of amides is 1. The van der Waals surface area contributed by atoms with Crippen LogP contribution in [0.3, 0.4) is 0 Å². The van der Waals surface area contributed by atoms with Crippen molar-refractivity contribution in [1.82, 2.24) is 19.5 Å². The van der Waals surface area contributed by atoms with Gasteiger partial charge in [0.2, 0.25) is 0 Å². The van der Waals surface area contributed by atoms with Crippen LogP contribution in [0.4, 0.5) is 11.5 Å². The maximum absolute atomic E-state index is 12.6. The summed E-state index contributed by atoms with van der Waals surface area (Å²) in [6, 6.07) is 3.42. The number of nitrogens with two attached hydrogens (primary N) is 2. The van der Waals surface area contributed by atoms with Crippen LogP contribution in [0.1, 0.15) is 10.4 Å². The normalized spacial score (nSPS) is 10.8. The van der Waals surface area contributed by atoms with Gasteiger partial charge < -0.3 is 15.6 Å². The summed E-state index contributed by atoms with van der Waals surface area (Å²) in [6.45, 7) is 0.622. The number of hydrogen-bond acceptors (Lipinski definition) is 7. The quantitative estimate of drug-likeness (QED) is 0.602. The lowest BCUT2D eigenvalue weighted by Crippen LogP contribution is -2.15. The number of nitrogen functional groups attached to an aromatic ring is 1. The lowest BCUT2D eigenvalue weighted by molar-refractivity contribution is 0.102. The molecule has 3 rings (SSSR count). The molecule has 0 radical (unpaired) electrons. The van der Waals surface area contributed by atoms with Crippen LogP contribution in [0.2, 0.25) is 0 Å². The number of aryl methyl sites for hydroxylation is 1. The van der Waals surface area contributed by atoms with Crippen LogP contribution in [-0.4, -0.2) is 31.2 Å². The van der Waals surface area contributed by atoms with E-state index in [2.05, 4.69) is 20.3 Å². The average Bonchev–Trinajstić information content (AvgIpc) is 2.99. The van der Waals surface area contributed by atoms with E-state index in [1.54, 1.807) is 30.9 Å². The van der Waals surface area contributed by atoms with Gasteiger partial charge in [-0.2, -0.15) is 0 Å². The molecule has 3 aromatic rings. The Bertz CT molecular complexity index is 834. The number of pyridine rings is 2. The minimum absolute atomic E-state index is 0.282. The van der Waals surface area contributed by atoms with E-state index in [1.165, 1.54) is 18.1 Å². The van der Waals surface area contributed by atoms with Crippen LogP contribution in [0.5, 0.6) is 0 Å². The van der Waals surface area contributed by atoms with E-state index >= 15 is 0 Å². The van der Waals surface area contributed by atoms with Crippen LogP contribution < -0.4 is 16.2 Å². The molecule has 118 valence electrons. The number of carbonyl (C=O) groups is 1. The van der Waals surface area contributed by atoms with Gasteiger partial charge in [0.05, 0.1) is 17.4 Å². The number of nitrogens with zero attached hydrogens (tertiary/aromatic N) is 4.